The lowest BCUT2D eigenvalue weighted by Crippen LogP contribution is -2.30. The van der Waals surface area contributed by atoms with E-state index in [0.29, 0.717) is 10.7 Å². The molecule has 0 fully saturated rings. The van der Waals surface area contributed by atoms with Crippen LogP contribution in [0.15, 0.2) is 42.5 Å². The Morgan fingerprint density at radius 3 is 2.32 bits per heavy atom. The van der Waals surface area contributed by atoms with Crippen molar-refractivity contribution >= 4 is 46.5 Å². The van der Waals surface area contributed by atoms with Crippen LogP contribution in [-0.2, 0) is 9.53 Å². The number of nitrogens with zero attached hydrogens (tertiary/aromatic N) is 1. The fourth-order valence-corrected chi connectivity index (χ4v) is 2.18. The van der Waals surface area contributed by atoms with Crippen molar-refractivity contribution in [2.24, 2.45) is 0 Å². The van der Waals surface area contributed by atoms with Crippen molar-refractivity contribution in [2.75, 3.05) is 5.32 Å². The fraction of sp³-hybridized carbons (Fsp3) is 0.125. The molecule has 1 amide bonds. The van der Waals surface area contributed by atoms with Crippen molar-refractivity contribution in [3.8, 4) is 0 Å². The smallest absolute Gasteiger partial charge is 0.345 e. The summed E-state index contributed by atoms with van der Waals surface area (Å²) in [5.41, 5.74) is -0.325. The average molecular weight is 383 g/mol. The van der Waals surface area contributed by atoms with Gasteiger partial charge in [-0.1, -0.05) is 23.2 Å². The molecule has 9 heteroatoms. The minimum Gasteiger partial charge on any atom is -0.449 e. The molecule has 7 nitrogen and oxygen atoms in total. The first-order chi connectivity index (χ1) is 11.8. The fourth-order valence-electron chi connectivity index (χ4n) is 1.89. The number of carbonyl (C=O) groups excluding carboxylic acids is 2. The summed E-state index contributed by atoms with van der Waals surface area (Å²) in [6, 6.07) is 9.83. The van der Waals surface area contributed by atoms with Gasteiger partial charge in [-0.3, -0.25) is 14.9 Å². The van der Waals surface area contributed by atoms with Crippen LogP contribution in [0.1, 0.15) is 17.3 Å². The Balaban J connectivity index is 2.09. The van der Waals surface area contributed by atoms with Crippen LogP contribution in [0, 0.1) is 10.1 Å². The molecular weight excluding hydrogens is 371 g/mol. The van der Waals surface area contributed by atoms with E-state index in [1.807, 2.05) is 0 Å². The van der Waals surface area contributed by atoms with Gasteiger partial charge in [-0.15, -0.1) is 0 Å². The van der Waals surface area contributed by atoms with Crippen LogP contribution < -0.4 is 5.32 Å². The summed E-state index contributed by atoms with van der Waals surface area (Å²) in [6.07, 6.45) is -1.18. The summed E-state index contributed by atoms with van der Waals surface area (Å²) >= 11 is 11.5. The van der Waals surface area contributed by atoms with E-state index in [-0.39, 0.29) is 10.6 Å². The van der Waals surface area contributed by atoms with Gasteiger partial charge in [0, 0.05) is 21.8 Å². The SMILES string of the molecule is C[C@@H](OC(=O)c1cc(Cl)ccc1[N+](=O)[O-])C(=O)Nc1ccc(Cl)cc1. The minimum absolute atomic E-state index is 0.135. The second kappa shape index (κ2) is 7.96. The van der Waals surface area contributed by atoms with E-state index in [1.165, 1.54) is 13.0 Å². The molecular formula is C16H12Cl2N2O5. The maximum atomic E-state index is 12.2. The maximum absolute atomic E-state index is 12.2. The largest absolute Gasteiger partial charge is 0.449 e. The highest BCUT2D eigenvalue weighted by Crippen LogP contribution is 2.24. The number of hydrogen-bond donors (Lipinski definition) is 1. The van der Waals surface area contributed by atoms with Gasteiger partial charge in [0.15, 0.2) is 6.10 Å². The van der Waals surface area contributed by atoms with E-state index in [2.05, 4.69) is 5.32 Å². The van der Waals surface area contributed by atoms with E-state index in [0.717, 1.165) is 12.1 Å². The Labute approximate surface area is 152 Å². The maximum Gasteiger partial charge on any atom is 0.345 e. The number of rotatable bonds is 5. The molecule has 0 spiro atoms. The second-order valence-electron chi connectivity index (χ2n) is 4.96. The zero-order chi connectivity index (χ0) is 18.6. The predicted molar refractivity (Wildman–Crippen MR) is 93.1 cm³/mol. The summed E-state index contributed by atoms with van der Waals surface area (Å²) in [7, 11) is 0. The summed E-state index contributed by atoms with van der Waals surface area (Å²) in [5.74, 6) is -1.62. The highest BCUT2D eigenvalue weighted by Gasteiger charge is 2.25. The van der Waals surface area contributed by atoms with Crippen molar-refractivity contribution in [1.82, 2.24) is 0 Å². The lowest BCUT2D eigenvalue weighted by molar-refractivity contribution is -0.385. The number of esters is 1. The van der Waals surface area contributed by atoms with Crippen molar-refractivity contribution < 1.29 is 19.2 Å². The lowest BCUT2D eigenvalue weighted by atomic mass is 10.2. The molecule has 0 aromatic heterocycles. The predicted octanol–water partition coefficient (Wildman–Crippen LogP) is 4.09. The van der Waals surface area contributed by atoms with Gasteiger partial charge in [0.05, 0.1) is 4.92 Å². The third-order valence-corrected chi connectivity index (χ3v) is 3.63. The molecule has 0 saturated heterocycles. The normalized spacial score (nSPS) is 11.5. The molecule has 0 aliphatic heterocycles. The van der Waals surface area contributed by atoms with Crippen LogP contribution in [0.4, 0.5) is 11.4 Å². The first kappa shape index (κ1) is 18.7. The van der Waals surface area contributed by atoms with Crippen LogP contribution in [0.2, 0.25) is 10.0 Å². The number of halogens is 2. The average Bonchev–Trinajstić information content (AvgIpc) is 2.56. The molecule has 0 aliphatic rings. The van der Waals surface area contributed by atoms with Gasteiger partial charge in [0.25, 0.3) is 11.6 Å². The van der Waals surface area contributed by atoms with Crippen LogP contribution in [0.3, 0.4) is 0 Å². The molecule has 0 aliphatic carbocycles. The molecule has 0 unspecified atom stereocenters. The van der Waals surface area contributed by atoms with E-state index < -0.39 is 28.6 Å². The molecule has 2 aromatic rings. The Hall–Kier alpha value is -2.64. The van der Waals surface area contributed by atoms with E-state index >= 15 is 0 Å². The van der Waals surface area contributed by atoms with Gasteiger partial charge in [-0.05, 0) is 43.3 Å². The highest BCUT2D eigenvalue weighted by molar-refractivity contribution is 6.31. The van der Waals surface area contributed by atoms with Gasteiger partial charge in [-0.2, -0.15) is 0 Å². The quantitative estimate of drug-likeness (QED) is 0.477. The van der Waals surface area contributed by atoms with Crippen LogP contribution >= 0.6 is 23.2 Å². The van der Waals surface area contributed by atoms with Crippen LogP contribution in [0.25, 0.3) is 0 Å². The highest BCUT2D eigenvalue weighted by atomic mass is 35.5. The van der Waals surface area contributed by atoms with Crippen molar-refractivity contribution in [3.63, 3.8) is 0 Å². The second-order valence-corrected chi connectivity index (χ2v) is 5.84. The number of nitro benzene ring substituents is 1. The van der Waals surface area contributed by atoms with Crippen molar-refractivity contribution in [3.05, 3.63) is 68.2 Å². The van der Waals surface area contributed by atoms with Crippen LogP contribution in [-0.4, -0.2) is 22.9 Å². The number of ether oxygens (including phenoxy) is 1. The molecule has 2 aromatic carbocycles. The molecule has 0 saturated carbocycles. The lowest BCUT2D eigenvalue weighted by Gasteiger charge is -2.13. The van der Waals surface area contributed by atoms with Gasteiger partial charge in [0.2, 0.25) is 0 Å². The Kier molecular flexibility index (Phi) is 5.95. The first-order valence-corrected chi connectivity index (χ1v) is 7.75. The molecule has 0 bridgehead atoms. The van der Waals surface area contributed by atoms with Gasteiger partial charge < -0.3 is 10.1 Å². The number of carbonyl (C=O) groups is 2. The molecule has 1 atom stereocenters. The Morgan fingerprint density at radius 1 is 1.12 bits per heavy atom. The van der Waals surface area contributed by atoms with Gasteiger partial charge in [-0.25, -0.2) is 4.79 Å². The Morgan fingerprint density at radius 2 is 1.72 bits per heavy atom. The summed E-state index contributed by atoms with van der Waals surface area (Å²) in [4.78, 5) is 34.5. The van der Waals surface area contributed by atoms with E-state index in [4.69, 9.17) is 27.9 Å². The third kappa shape index (κ3) is 4.91. The molecule has 2 rings (SSSR count). The summed E-state index contributed by atoms with van der Waals surface area (Å²) in [6.45, 7) is 1.35. The molecule has 0 radical (unpaired) electrons. The third-order valence-electron chi connectivity index (χ3n) is 3.14. The van der Waals surface area contributed by atoms with Gasteiger partial charge in [0.1, 0.15) is 5.56 Å². The summed E-state index contributed by atoms with van der Waals surface area (Å²) < 4.78 is 5.00. The first-order valence-electron chi connectivity index (χ1n) is 6.99. The number of amides is 1. The number of hydrogen-bond acceptors (Lipinski definition) is 5. The molecule has 25 heavy (non-hydrogen) atoms. The Bertz CT molecular complexity index is 824. The zero-order valence-corrected chi connectivity index (χ0v) is 14.4. The zero-order valence-electron chi connectivity index (χ0n) is 12.9. The number of benzene rings is 2. The van der Waals surface area contributed by atoms with Crippen molar-refractivity contribution in [1.29, 1.82) is 0 Å². The monoisotopic (exact) mass is 382 g/mol. The summed E-state index contributed by atoms with van der Waals surface area (Å²) in [5, 5.41) is 14.2. The number of nitrogens with one attached hydrogen (secondary N) is 1. The molecule has 0 heterocycles. The minimum atomic E-state index is -1.18. The molecule has 130 valence electrons. The number of nitro groups is 1. The topological polar surface area (TPSA) is 98.5 Å². The van der Waals surface area contributed by atoms with Crippen LogP contribution in [0.5, 0.6) is 0 Å². The van der Waals surface area contributed by atoms with E-state index in [1.54, 1.807) is 24.3 Å². The van der Waals surface area contributed by atoms with E-state index in [9.17, 15) is 19.7 Å². The van der Waals surface area contributed by atoms with Crippen molar-refractivity contribution in [2.45, 2.75) is 13.0 Å². The number of anilines is 1. The standard InChI is InChI=1S/C16H12Cl2N2O5/c1-9(15(21)19-12-5-2-10(17)3-6-12)25-16(22)13-8-11(18)4-7-14(13)20(23)24/h2-9H,1H3,(H,19,21)/t9-/m1/s1. The molecule has 1 N–H and O–H groups in total. The van der Waals surface area contributed by atoms with Gasteiger partial charge >= 0.3 is 5.97 Å².